The van der Waals surface area contributed by atoms with Gasteiger partial charge in [0.25, 0.3) is 5.91 Å². The average Bonchev–Trinajstić information content (AvgIpc) is 3.12. The molecule has 2 aromatic carbocycles. The van der Waals surface area contributed by atoms with Crippen LogP contribution in [0.3, 0.4) is 0 Å². The summed E-state index contributed by atoms with van der Waals surface area (Å²) < 4.78 is 5.08. The normalized spacial score (nSPS) is 10.5. The Bertz CT molecular complexity index is 993. The predicted molar refractivity (Wildman–Crippen MR) is 111 cm³/mol. The summed E-state index contributed by atoms with van der Waals surface area (Å²) in [7, 11) is 0. The molecule has 0 unspecified atom stereocenters. The zero-order chi connectivity index (χ0) is 20.1. The van der Waals surface area contributed by atoms with Crippen LogP contribution in [0.25, 0.3) is 11.3 Å². The first-order valence-electron chi connectivity index (χ1n) is 8.95. The summed E-state index contributed by atoms with van der Waals surface area (Å²) in [4.78, 5) is 28.4. The number of ether oxygens (including phenoxy) is 1. The molecule has 28 heavy (non-hydrogen) atoms. The summed E-state index contributed by atoms with van der Waals surface area (Å²) in [6.07, 6.45) is 0.142. The smallest absolute Gasteiger partial charge is 0.310 e. The van der Waals surface area contributed by atoms with E-state index in [0.717, 1.165) is 22.4 Å². The van der Waals surface area contributed by atoms with Gasteiger partial charge < -0.3 is 4.74 Å². The fourth-order valence-electron chi connectivity index (χ4n) is 2.62. The second-order valence-corrected chi connectivity index (χ2v) is 7.57. The number of hydrogen-bond donors (Lipinski definition) is 1. The van der Waals surface area contributed by atoms with Gasteiger partial charge in [0, 0.05) is 10.9 Å². The standard InChI is InChI=1S/C22H22N2O3S/c1-14-4-8-18(9-5-14)19-13-28-22(23-19)24-20(25)12-27-21(26)11-17-7-6-15(2)16(3)10-17/h4-10,13H,11-12H2,1-3H3,(H,23,24,25). The van der Waals surface area contributed by atoms with E-state index in [1.165, 1.54) is 22.5 Å². The molecule has 1 amide bonds. The highest BCUT2D eigenvalue weighted by Gasteiger charge is 2.12. The highest BCUT2D eigenvalue weighted by molar-refractivity contribution is 7.14. The summed E-state index contributed by atoms with van der Waals surface area (Å²) in [6, 6.07) is 13.8. The van der Waals surface area contributed by atoms with Gasteiger partial charge in [-0.1, -0.05) is 48.0 Å². The minimum atomic E-state index is -0.433. The number of aromatic nitrogens is 1. The van der Waals surface area contributed by atoms with Crippen molar-refractivity contribution in [3.63, 3.8) is 0 Å². The molecule has 0 aliphatic carbocycles. The van der Waals surface area contributed by atoms with E-state index in [2.05, 4.69) is 10.3 Å². The maximum Gasteiger partial charge on any atom is 0.310 e. The van der Waals surface area contributed by atoms with Gasteiger partial charge in [-0.2, -0.15) is 0 Å². The van der Waals surface area contributed by atoms with Gasteiger partial charge >= 0.3 is 5.97 Å². The topological polar surface area (TPSA) is 68.3 Å². The maximum atomic E-state index is 12.0. The van der Waals surface area contributed by atoms with Crippen molar-refractivity contribution < 1.29 is 14.3 Å². The maximum absolute atomic E-state index is 12.0. The highest BCUT2D eigenvalue weighted by Crippen LogP contribution is 2.25. The molecule has 6 heteroatoms. The molecule has 3 aromatic rings. The van der Waals surface area contributed by atoms with Crippen LogP contribution in [0.4, 0.5) is 5.13 Å². The molecular weight excluding hydrogens is 372 g/mol. The van der Waals surface area contributed by atoms with Crippen molar-refractivity contribution in [2.45, 2.75) is 27.2 Å². The number of anilines is 1. The van der Waals surface area contributed by atoms with Crippen molar-refractivity contribution in [3.05, 3.63) is 70.1 Å². The molecule has 0 bridgehead atoms. The van der Waals surface area contributed by atoms with Gasteiger partial charge in [-0.25, -0.2) is 4.98 Å². The van der Waals surface area contributed by atoms with Crippen LogP contribution in [0, 0.1) is 20.8 Å². The minimum absolute atomic E-state index is 0.142. The Balaban J connectivity index is 1.49. The van der Waals surface area contributed by atoms with Crippen LogP contribution >= 0.6 is 11.3 Å². The Labute approximate surface area is 168 Å². The van der Waals surface area contributed by atoms with Crippen LogP contribution in [0.2, 0.25) is 0 Å². The molecule has 0 aliphatic rings. The van der Waals surface area contributed by atoms with Crippen LogP contribution in [0.1, 0.15) is 22.3 Å². The summed E-state index contributed by atoms with van der Waals surface area (Å²) >= 11 is 1.33. The zero-order valence-corrected chi connectivity index (χ0v) is 16.9. The first-order chi connectivity index (χ1) is 13.4. The third kappa shape index (κ3) is 5.27. The van der Waals surface area contributed by atoms with Crippen LogP contribution in [0.15, 0.2) is 47.8 Å². The van der Waals surface area contributed by atoms with E-state index in [1.54, 1.807) is 0 Å². The predicted octanol–water partition coefficient (Wildman–Crippen LogP) is 4.46. The number of thiazole rings is 1. The molecule has 0 aliphatic heterocycles. The van der Waals surface area contributed by atoms with E-state index in [9.17, 15) is 9.59 Å². The first-order valence-corrected chi connectivity index (χ1v) is 9.83. The number of rotatable bonds is 6. The number of carbonyl (C=O) groups excluding carboxylic acids is 2. The number of carbonyl (C=O) groups is 2. The van der Waals surface area contributed by atoms with Crippen LogP contribution in [-0.4, -0.2) is 23.5 Å². The summed E-state index contributed by atoms with van der Waals surface area (Å²) in [6.45, 7) is 5.71. The molecular formula is C22H22N2O3S. The van der Waals surface area contributed by atoms with Crippen molar-refractivity contribution >= 4 is 28.3 Å². The number of amides is 1. The van der Waals surface area contributed by atoms with Crippen molar-refractivity contribution in [2.75, 3.05) is 11.9 Å². The van der Waals surface area contributed by atoms with E-state index >= 15 is 0 Å². The van der Waals surface area contributed by atoms with E-state index in [1.807, 2.05) is 68.6 Å². The van der Waals surface area contributed by atoms with Crippen molar-refractivity contribution in [1.82, 2.24) is 4.98 Å². The van der Waals surface area contributed by atoms with E-state index in [-0.39, 0.29) is 13.0 Å². The molecule has 1 N–H and O–H groups in total. The van der Waals surface area contributed by atoms with E-state index in [0.29, 0.717) is 5.13 Å². The fourth-order valence-corrected chi connectivity index (χ4v) is 3.36. The molecule has 0 saturated carbocycles. The lowest BCUT2D eigenvalue weighted by molar-refractivity contribution is -0.146. The number of aryl methyl sites for hydroxylation is 3. The molecule has 5 nitrogen and oxygen atoms in total. The Morgan fingerprint density at radius 1 is 1.04 bits per heavy atom. The van der Waals surface area contributed by atoms with Gasteiger partial charge in [-0.15, -0.1) is 11.3 Å². The van der Waals surface area contributed by atoms with Crippen molar-refractivity contribution in [3.8, 4) is 11.3 Å². The fraction of sp³-hybridized carbons (Fsp3) is 0.227. The van der Waals surface area contributed by atoms with Crippen LogP contribution in [0.5, 0.6) is 0 Å². The lowest BCUT2D eigenvalue weighted by atomic mass is 10.0. The molecule has 144 valence electrons. The molecule has 0 fully saturated rings. The number of esters is 1. The van der Waals surface area contributed by atoms with E-state index < -0.39 is 11.9 Å². The lowest BCUT2D eigenvalue weighted by Gasteiger charge is -2.06. The molecule has 1 heterocycles. The third-order valence-corrected chi connectivity index (χ3v) is 5.14. The lowest BCUT2D eigenvalue weighted by Crippen LogP contribution is -2.21. The first kappa shape index (κ1) is 19.8. The second kappa shape index (κ2) is 8.80. The van der Waals surface area contributed by atoms with Gasteiger partial charge in [-0.05, 0) is 37.5 Å². The van der Waals surface area contributed by atoms with Gasteiger partial charge in [0.05, 0.1) is 12.1 Å². The van der Waals surface area contributed by atoms with E-state index in [4.69, 9.17) is 4.74 Å². The molecule has 0 saturated heterocycles. The van der Waals surface area contributed by atoms with Gasteiger partial charge in [-0.3, -0.25) is 14.9 Å². The Morgan fingerprint density at radius 2 is 1.79 bits per heavy atom. The largest absolute Gasteiger partial charge is 0.455 e. The monoisotopic (exact) mass is 394 g/mol. The third-order valence-electron chi connectivity index (χ3n) is 4.38. The summed E-state index contributed by atoms with van der Waals surface area (Å²) in [5, 5.41) is 5.03. The van der Waals surface area contributed by atoms with Crippen molar-refractivity contribution in [2.24, 2.45) is 0 Å². The molecule has 0 spiro atoms. The number of hydrogen-bond acceptors (Lipinski definition) is 5. The average molecular weight is 394 g/mol. The van der Waals surface area contributed by atoms with Crippen LogP contribution in [-0.2, 0) is 20.7 Å². The number of benzene rings is 2. The highest BCUT2D eigenvalue weighted by atomic mass is 32.1. The summed E-state index contributed by atoms with van der Waals surface area (Å²) in [5.41, 5.74) is 6.13. The Kier molecular flexibility index (Phi) is 6.21. The molecule has 0 atom stereocenters. The second-order valence-electron chi connectivity index (χ2n) is 6.71. The molecule has 1 aromatic heterocycles. The van der Waals surface area contributed by atoms with Gasteiger partial charge in [0.2, 0.25) is 0 Å². The SMILES string of the molecule is Cc1ccc(-c2csc(NC(=O)COC(=O)Cc3ccc(C)c(C)c3)n2)cc1. The summed E-state index contributed by atoms with van der Waals surface area (Å²) in [5.74, 6) is -0.837. The zero-order valence-electron chi connectivity index (χ0n) is 16.1. The minimum Gasteiger partial charge on any atom is -0.455 e. The van der Waals surface area contributed by atoms with Crippen LogP contribution < -0.4 is 5.32 Å². The Hall–Kier alpha value is -2.99. The number of nitrogens with one attached hydrogen (secondary N) is 1. The van der Waals surface area contributed by atoms with Gasteiger partial charge in [0.15, 0.2) is 11.7 Å². The number of nitrogens with zero attached hydrogens (tertiary/aromatic N) is 1. The quantitative estimate of drug-likeness (QED) is 0.627. The van der Waals surface area contributed by atoms with Crippen molar-refractivity contribution in [1.29, 1.82) is 0 Å². The molecule has 0 radical (unpaired) electrons. The van der Waals surface area contributed by atoms with Gasteiger partial charge in [0.1, 0.15) is 0 Å². The molecule has 3 rings (SSSR count). The Morgan fingerprint density at radius 3 is 2.50 bits per heavy atom.